The molecule has 1 aromatic rings. The molecule has 70 valence electrons. The maximum Gasteiger partial charge on any atom is 0.155 e. The molecule has 1 heterocycles. The van der Waals surface area contributed by atoms with Gasteiger partial charge in [-0.25, -0.2) is 4.63 Å². The molecule has 6 heteroatoms. The van der Waals surface area contributed by atoms with Crippen molar-refractivity contribution in [3.05, 3.63) is 11.4 Å². The summed E-state index contributed by atoms with van der Waals surface area (Å²) in [5, 5.41) is 18.4. The molecule has 0 unspecified atom stereocenters. The zero-order chi connectivity index (χ0) is 9.84. The van der Waals surface area contributed by atoms with Gasteiger partial charge in [0, 0.05) is 0 Å². The number of carbonyl (C=O) groups excluding carboxylic acids is 1. The van der Waals surface area contributed by atoms with Crippen LogP contribution in [0.4, 0.5) is 0 Å². The van der Waals surface area contributed by atoms with Crippen molar-refractivity contribution in [2.45, 2.75) is 20.3 Å². The lowest BCUT2D eigenvalue weighted by Crippen LogP contribution is -2.04. The number of nitrogens with zero attached hydrogens (tertiary/aromatic N) is 3. The molecule has 0 aliphatic carbocycles. The summed E-state index contributed by atoms with van der Waals surface area (Å²) in [6, 6.07) is 0. The third kappa shape index (κ3) is 2.11. The summed E-state index contributed by atoms with van der Waals surface area (Å²) in [5.74, 6) is -0.0531. The Kier molecular flexibility index (Phi) is 2.73. The van der Waals surface area contributed by atoms with Crippen LogP contribution in [0.3, 0.4) is 0 Å². The van der Waals surface area contributed by atoms with Gasteiger partial charge < -0.3 is 5.21 Å². The molecule has 1 rings (SSSR count). The molecule has 0 aromatic carbocycles. The van der Waals surface area contributed by atoms with E-state index in [0.717, 1.165) is 0 Å². The standard InChI is InChI=1S/C7H9N3O3/c1-4(11)3-6-7(5(2)8-12)10-13-9-6/h12H,3H2,1-2H3/b8-5+. The Morgan fingerprint density at radius 3 is 2.77 bits per heavy atom. The van der Waals surface area contributed by atoms with Crippen LogP contribution in [0, 0.1) is 0 Å². The number of hydrogen-bond acceptors (Lipinski definition) is 6. The summed E-state index contributed by atoms with van der Waals surface area (Å²) in [7, 11) is 0. The summed E-state index contributed by atoms with van der Waals surface area (Å²) in [5.41, 5.74) is 0.984. The normalized spacial score (nSPS) is 11.7. The molecule has 0 aliphatic heterocycles. The van der Waals surface area contributed by atoms with Crippen molar-refractivity contribution in [3.63, 3.8) is 0 Å². The fourth-order valence-corrected chi connectivity index (χ4v) is 0.880. The van der Waals surface area contributed by atoms with E-state index >= 15 is 0 Å². The van der Waals surface area contributed by atoms with Crippen LogP contribution >= 0.6 is 0 Å². The van der Waals surface area contributed by atoms with E-state index in [2.05, 4.69) is 20.1 Å². The van der Waals surface area contributed by atoms with Crippen LogP contribution in [0.15, 0.2) is 9.78 Å². The molecule has 0 amide bonds. The molecule has 0 aliphatic rings. The minimum absolute atomic E-state index is 0.0531. The molecule has 0 fully saturated rings. The molecule has 0 atom stereocenters. The van der Waals surface area contributed by atoms with Crippen molar-refractivity contribution in [1.82, 2.24) is 10.3 Å². The Labute approximate surface area is 74.2 Å². The lowest BCUT2D eigenvalue weighted by molar-refractivity contribution is -0.116. The fourth-order valence-electron chi connectivity index (χ4n) is 0.880. The number of hydrogen-bond donors (Lipinski definition) is 1. The molecular weight excluding hydrogens is 174 g/mol. The monoisotopic (exact) mass is 183 g/mol. The van der Waals surface area contributed by atoms with Crippen LogP contribution in [-0.2, 0) is 11.2 Å². The number of carbonyl (C=O) groups is 1. The van der Waals surface area contributed by atoms with E-state index in [4.69, 9.17) is 5.21 Å². The van der Waals surface area contributed by atoms with Crippen molar-refractivity contribution in [1.29, 1.82) is 0 Å². The third-order valence-corrected chi connectivity index (χ3v) is 1.47. The molecule has 0 bridgehead atoms. The van der Waals surface area contributed by atoms with Crippen LogP contribution in [0.5, 0.6) is 0 Å². The largest absolute Gasteiger partial charge is 0.411 e. The summed E-state index contributed by atoms with van der Waals surface area (Å²) in [4.78, 5) is 10.8. The summed E-state index contributed by atoms with van der Waals surface area (Å²) in [6.45, 7) is 2.98. The smallest absolute Gasteiger partial charge is 0.155 e. The van der Waals surface area contributed by atoms with Gasteiger partial charge in [0.1, 0.15) is 17.2 Å². The minimum Gasteiger partial charge on any atom is -0.411 e. The van der Waals surface area contributed by atoms with Crippen molar-refractivity contribution < 1.29 is 14.6 Å². The van der Waals surface area contributed by atoms with E-state index in [0.29, 0.717) is 11.4 Å². The first kappa shape index (κ1) is 9.37. The Bertz CT molecular complexity index is 343. The Hall–Kier alpha value is -1.72. The number of rotatable bonds is 3. The van der Waals surface area contributed by atoms with Gasteiger partial charge in [0.2, 0.25) is 0 Å². The van der Waals surface area contributed by atoms with E-state index in [9.17, 15) is 4.79 Å². The van der Waals surface area contributed by atoms with Gasteiger partial charge >= 0.3 is 0 Å². The van der Waals surface area contributed by atoms with Gasteiger partial charge in [0.15, 0.2) is 5.69 Å². The topological polar surface area (TPSA) is 88.6 Å². The van der Waals surface area contributed by atoms with Gasteiger partial charge in [0.05, 0.1) is 6.42 Å². The van der Waals surface area contributed by atoms with Crippen molar-refractivity contribution >= 4 is 11.5 Å². The van der Waals surface area contributed by atoms with Gasteiger partial charge in [-0.05, 0) is 19.0 Å². The molecule has 0 radical (unpaired) electrons. The maximum atomic E-state index is 10.8. The predicted molar refractivity (Wildman–Crippen MR) is 42.7 cm³/mol. The molecule has 0 saturated carbocycles. The van der Waals surface area contributed by atoms with E-state index in [1.54, 1.807) is 6.92 Å². The highest BCUT2D eigenvalue weighted by Crippen LogP contribution is 2.05. The lowest BCUT2D eigenvalue weighted by Gasteiger charge is -1.92. The van der Waals surface area contributed by atoms with Crippen LogP contribution in [0.25, 0.3) is 0 Å². The molecule has 0 saturated heterocycles. The molecule has 1 N–H and O–H groups in total. The first-order valence-corrected chi connectivity index (χ1v) is 3.65. The minimum atomic E-state index is -0.0531. The highest BCUT2D eigenvalue weighted by atomic mass is 16.6. The SMILES string of the molecule is CC(=O)Cc1nonc1/C(C)=N/O. The van der Waals surface area contributed by atoms with Crippen molar-refractivity contribution in [2.75, 3.05) is 0 Å². The van der Waals surface area contributed by atoms with Crippen LogP contribution in [0.2, 0.25) is 0 Å². The average molecular weight is 183 g/mol. The Morgan fingerprint density at radius 1 is 1.54 bits per heavy atom. The van der Waals surface area contributed by atoms with Gasteiger partial charge in [-0.15, -0.1) is 0 Å². The summed E-state index contributed by atoms with van der Waals surface area (Å²) >= 11 is 0. The number of ketones is 1. The van der Waals surface area contributed by atoms with E-state index in [-0.39, 0.29) is 17.9 Å². The van der Waals surface area contributed by atoms with Gasteiger partial charge in [-0.1, -0.05) is 10.3 Å². The van der Waals surface area contributed by atoms with Gasteiger partial charge in [-0.2, -0.15) is 0 Å². The van der Waals surface area contributed by atoms with E-state index < -0.39 is 0 Å². The first-order valence-electron chi connectivity index (χ1n) is 3.65. The average Bonchev–Trinajstić information content (AvgIpc) is 2.50. The quantitative estimate of drug-likeness (QED) is 0.416. The molecule has 1 aromatic heterocycles. The fraction of sp³-hybridized carbons (Fsp3) is 0.429. The van der Waals surface area contributed by atoms with Crippen LogP contribution in [0.1, 0.15) is 25.2 Å². The Morgan fingerprint density at radius 2 is 2.23 bits per heavy atom. The molecule has 0 spiro atoms. The van der Waals surface area contributed by atoms with Gasteiger partial charge in [-0.3, -0.25) is 4.79 Å². The van der Waals surface area contributed by atoms with Gasteiger partial charge in [0.25, 0.3) is 0 Å². The highest BCUT2D eigenvalue weighted by molar-refractivity contribution is 5.98. The summed E-state index contributed by atoms with van der Waals surface area (Å²) < 4.78 is 4.43. The number of oxime groups is 1. The lowest BCUT2D eigenvalue weighted by atomic mass is 10.1. The third-order valence-electron chi connectivity index (χ3n) is 1.47. The van der Waals surface area contributed by atoms with Crippen molar-refractivity contribution in [3.8, 4) is 0 Å². The van der Waals surface area contributed by atoms with Crippen LogP contribution < -0.4 is 0 Å². The van der Waals surface area contributed by atoms with Crippen molar-refractivity contribution in [2.24, 2.45) is 5.16 Å². The second-order valence-corrected chi connectivity index (χ2v) is 2.62. The Balaban J connectivity index is 2.96. The molecular formula is C7H9N3O3. The number of Topliss-reactive ketones (excluding diaryl/α,β-unsaturated/α-hetero) is 1. The maximum absolute atomic E-state index is 10.8. The van der Waals surface area contributed by atoms with Crippen LogP contribution in [-0.4, -0.2) is 27.0 Å². The van der Waals surface area contributed by atoms with E-state index in [1.807, 2.05) is 0 Å². The molecule has 13 heavy (non-hydrogen) atoms. The first-order chi connectivity index (χ1) is 6.15. The highest BCUT2D eigenvalue weighted by Gasteiger charge is 2.14. The predicted octanol–water partition coefficient (Wildman–Crippen LogP) is 0.399. The number of aromatic nitrogens is 2. The van der Waals surface area contributed by atoms with E-state index in [1.165, 1.54) is 6.92 Å². The summed E-state index contributed by atoms with van der Waals surface area (Å²) in [6.07, 6.45) is 0.131. The second kappa shape index (κ2) is 3.79. The zero-order valence-corrected chi connectivity index (χ0v) is 7.31. The molecule has 6 nitrogen and oxygen atoms in total. The second-order valence-electron chi connectivity index (χ2n) is 2.62. The zero-order valence-electron chi connectivity index (χ0n) is 7.31.